The molecule has 0 spiro atoms. The lowest BCUT2D eigenvalue weighted by Gasteiger charge is -2.33. The van der Waals surface area contributed by atoms with E-state index in [2.05, 4.69) is 34.6 Å². The number of unbranched alkanes of at least 4 members (excludes halogenated alkanes) is 3. The zero-order chi connectivity index (χ0) is 12.4. The van der Waals surface area contributed by atoms with E-state index in [9.17, 15) is 0 Å². The molecule has 0 aliphatic rings. The van der Waals surface area contributed by atoms with Crippen molar-refractivity contribution < 1.29 is 8.85 Å². The molecule has 0 fully saturated rings. The first kappa shape index (κ1) is 16.1. The zero-order valence-corrected chi connectivity index (χ0v) is 12.8. The van der Waals surface area contributed by atoms with Gasteiger partial charge >= 0.3 is 8.56 Å². The highest BCUT2D eigenvalue weighted by Gasteiger charge is 2.40. The maximum atomic E-state index is 6.03. The van der Waals surface area contributed by atoms with Gasteiger partial charge in [-0.05, 0) is 25.4 Å². The highest BCUT2D eigenvalue weighted by Crippen LogP contribution is 2.30. The van der Waals surface area contributed by atoms with Crippen molar-refractivity contribution in [1.82, 2.24) is 0 Å². The average molecular weight is 246 g/mol. The first-order valence-corrected chi connectivity index (χ1v) is 9.00. The lowest BCUT2D eigenvalue weighted by Crippen LogP contribution is -2.45. The predicted octanol–water partition coefficient (Wildman–Crippen LogP) is 4.49. The molecule has 0 aromatic heterocycles. The molecule has 2 nitrogen and oxygen atoms in total. The Morgan fingerprint density at radius 3 is 1.81 bits per heavy atom. The van der Waals surface area contributed by atoms with E-state index in [-0.39, 0.29) is 0 Å². The topological polar surface area (TPSA) is 18.5 Å². The van der Waals surface area contributed by atoms with E-state index in [1.54, 1.807) is 0 Å². The Bertz CT molecular complexity index is 154. The summed E-state index contributed by atoms with van der Waals surface area (Å²) < 4.78 is 12.1. The Hall–Kier alpha value is 0.137. The third-order valence-corrected chi connectivity index (χ3v) is 7.40. The first-order valence-electron chi connectivity index (χ1n) is 6.90. The monoisotopic (exact) mass is 246 g/mol. The molecule has 0 aromatic rings. The summed E-state index contributed by atoms with van der Waals surface area (Å²) in [5.74, 6) is 0. The van der Waals surface area contributed by atoms with Crippen molar-refractivity contribution in [2.75, 3.05) is 13.2 Å². The van der Waals surface area contributed by atoms with E-state index < -0.39 is 8.56 Å². The predicted molar refractivity (Wildman–Crippen MR) is 73.1 cm³/mol. The number of hydrogen-bond acceptors (Lipinski definition) is 2. The van der Waals surface area contributed by atoms with Gasteiger partial charge in [-0.15, -0.1) is 0 Å². The van der Waals surface area contributed by atoms with Crippen LogP contribution in [0.1, 0.15) is 60.3 Å². The minimum atomic E-state index is -1.92. The van der Waals surface area contributed by atoms with Gasteiger partial charge in [-0.1, -0.05) is 46.5 Å². The van der Waals surface area contributed by atoms with E-state index in [1.807, 2.05) is 0 Å². The Kier molecular flexibility index (Phi) is 9.28. The van der Waals surface area contributed by atoms with Crippen LogP contribution in [0.15, 0.2) is 0 Å². The summed E-state index contributed by atoms with van der Waals surface area (Å²) in [5.41, 5.74) is 0.550. The van der Waals surface area contributed by atoms with Crippen LogP contribution in [-0.4, -0.2) is 21.8 Å². The summed E-state index contributed by atoms with van der Waals surface area (Å²) in [6.07, 6.45) is 5.21. The molecule has 0 aromatic carbocycles. The molecular formula is C13H30O2Si. The summed E-state index contributed by atoms with van der Waals surface area (Å²) in [6, 6.07) is 1.16. The molecule has 0 bridgehead atoms. The van der Waals surface area contributed by atoms with Crippen molar-refractivity contribution in [3.05, 3.63) is 0 Å². The van der Waals surface area contributed by atoms with Crippen LogP contribution in [-0.2, 0) is 8.85 Å². The first-order chi connectivity index (χ1) is 7.63. The smallest absolute Gasteiger partial charge is 0.340 e. The van der Waals surface area contributed by atoms with Crippen molar-refractivity contribution in [2.45, 2.75) is 71.9 Å². The van der Waals surface area contributed by atoms with Crippen LogP contribution in [0.25, 0.3) is 0 Å². The molecular weight excluding hydrogens is 216 g/mol. The second-order valence-electron chi connectivity index (χ2n) is 4.64. The molecule has 0 amide bonds. The SMILES string of the molecule is CCCCCC[Si](OCC)(OCC)C(C)C. The van der Waals surface area contributed by atoms with Gasteiger partial charge in [0.25, 0.3) is 0 Å². The molecule has 3 heteroatoms. The molecule has 0 unspecified atom stereocenters. The van der Waals surface area contributed by atoms with Crippen molar-refractivity contribution in [2.24, 2.45) is 0 Å². The molecule has 0 saturated heterocycles. The Balaban J connectivity index is 4.24. The summed E-state index contributed by atoms with van der Waals surface area (Å²) >= 11 is 0. The molecule has 0 aliphatic heterocycles. The summed E-state index contributed by atoms with van der Waals surface area (Å²) in [4.78, 5) is 0. The van der Waals surface area contributed by atoms with Crippen LogP contribution in [0.4, 0.5) is 0 Å². The second-order valence-corrected chi connectivity index (χ2v) is 8.50. The van der Waals surface area contributed by atoms with Gasteiger partial charge in [-0.3, -0.25) is 0 Å². The van der Waals surface area contributed by atoms with E-state index in [1.165, 1.54) is 25.7 Å². The highest BCUT2D eigenvalue weighted by atomic mass is 28.4. The van der Waals surface area contributed by atoms with Gasteiger partial charge in [0.2, 0.25) is 0 Å². The third kappa shape index (κ3) is 5.46. The van der Waals surface area contributed by atoms with Crippen molar-refractivity contribution >= 4 is 8.56 Å². The molecule has 0 radical (unpaired) electrons. The fourth-order valence-electron chi connectivity index (χ4n) is 2.09. The second kappa shape index (κ2) is 9.20. The molecule has 98 valence electrons. The molecule has 0 rings (SSSR count). The molecule has 0 atom stereocenters. The van der Waals surface area contributed by atoms with Gasteiger partial charge in [0.1, 0.15) is 0 Å². The van der Waals surface area contributed by atoms with Crippen LogP contribution < -0.4 is 0 Å². The van der Waals surface area contributed by atoms with Crippen LogP contribution in [0.5, 0.6) is 0 Å². The molecule has 16 heavy (non-hydrogen) atoms. The van der Waals surface area contributed by atoms with Crippen LogP contribution >= 0.6 is 0 Å². The van der Waals surface area contributed by atoms with Crippen molar-refractivity contribution in [3.8, 4) is 0 Å². The van der Waals surface area contributed by atoms with E-state index in [0.29, 0.717) is 5.54 Å². The van der Waals surface area contributed by atoms with Crippen LogP contribution in [0.2, 0.25) is 11.6 Å². The van der Waals surface area contributed by atoms with Gasteiger partial charge in [0.15, 0.2) is 0 Å². The highest BCUT2D eigenvalue weighted by molar-refractivity contribution is 6.68. The summed E-state index contributed by atoms with van der Waals surface area (Å²) in [7, 11) is -1.92. The van der Waals surface area contributed by atoms with Gasteiger partial charge < -0.3 is 8.85 Å². The van der Waals surface area contributed by atoms with Crippen molar-refractivity contribution in [3.63, 3.8) is 0 Å². The van der Waals surface area contributed by atoms with Gasteiger partial charge in [0.05, 0.1) is 0 Å². The van der Waals surface area contributed by atoms with E-state index in [0.717, 1.165) is 19.3 Å². The lowest BCUT2D eigenvalue weighted by atomic mass is 10.2. The van der Waals surface area contributed by atoms with Gasteiger partial charge in [0, 0.05) is 13.2 Å². The standard InChI is InChI=1S/C13H30O2Si/c1-6-9-10-11-12-16(13(4)5,14-7-2)15-8-3/h13H,6-12H2,1-5H3. The summed E-state index contributed by atoms with van der Waals surface area (Å²) in [6.45, 7) is 12.5. The zero-order valence-electron chi connectivity index (χ0n) is 11.8. The normalized spacial score (nSPS) is 12.4. The Labute approximate surface area is 103 Å². The minimum absolute atomic E-state index is 0.550. The minimum Gasteiger partial charge on any atom is -0.394 e. The molecule has 0 aliphatic carbocycles. The van der Waals surface area contributed by atoms with Gasteiger partial charge in [-0.25, -0.2) is 0 Å². The fourth-order valence-corrected chi connectivity index (χ4v) is 5.43. The van der Waals surface area contributed by atoms with E-state index >= 15 is 0 Å². The number of hydrogen-bond donors (Lipinski definition) is 0. The average Bonchev–Trinajstić information content (AvgIpc) is 2.24. The number of rotatable bonds is 10. The summed E-state index contributed by atoms with van der Waals surface area (Å²) in [5, 5.41) is 0. The van der Waals surface area contributed by atoms with Gasteiger partial charge in [-0.2, -0.15) is 0 Å². The Morgan fingerprint density at radius 1 is 0.875 bits per heavy atom. The van der Waals surface area contributed by atoms with E-state index in [4.69, 9.17) is 8.85 Å². The molecule has 0 N–H and O–H groups in total. The maximum absolute atomic E-state index is 6.03. The molecule has 0 heterocycles. The largest absolute Gasteiger partial charge is 0.394 e. The van der Waals surface area contributed by atoms with Crippen LogP contribution in [0.3, 0.4) is 0 Å². The third-order valence-electron chi connectivity index (χ3n) is 3.04. The van der Waals surface area contributed by atoms with Crippen LogP contribution in [0, 0.1) is 0 Å². The quantitative estimate of drug-likeness (QED) is 0.417. The van der Waals surface area contributed by atoms with Crippen molar-refractivity contribution in [1.29, 1.82) is 0 Å². The fraction of sp³-hybridized carbons (Fsp3) is 1.00. The Morgan fingerprint density at radius 2 is 1.44 bits per heavy atom. The maximum Gasteiger partial charge on any atom is 0.340 e. The molecule has 0 saturated carbocycles. The lowest BCUT2D eigenvalue weighted by molar-refractivity contribution is 0.174.